The summed E-state index contributed by atoms with van der Waals surface area (Å²) >= 11 is 0. The van der Waals surface area contributed by atoms with E-state index in [1.807, 2.05) is 19.1 Å². The molecule has 1 aliphatic rings. The molecule has 21 heavy (non-hydrogen) atoms. The monoisotopic (exact) mass is 281 g/mol. The number of hydrogen-bond donors (Lipinski definition) is 2. The lowest BCUT2D eigenvalue weighted by Crippen LogP contribution is -2.36. The Morgan fingerprint density at radius 2 is 1.90 bits per heavy atom. The van der Waals surface area contributed by atoms with Crippen molar-refractivity contribution in [2.75, 3.05) is 0 Å². The van der Waals surface area contributed by atoms with Gasteiger partial charge in [0.25, 0.3) is 0 Å². The zero-order chi connectivity index (χ0) is 14.8. The van der Waals surface area contributed by atoms with Crippen LogP contribution < -0.4 is 5.32 Å². The van der Waals surface area contributed by atoms with Crippen molar-refractivity contribution < 1.29 is 5.11 Å². The van der Waals surface area contributed by atoms with Crippen LogP contribution in [0.3, 0.4) is 0 Å². The van der Waals surface area contributed by atoms with Crippen molar-refractivity contribution in [3.8, 4) is 5.75 Å². The van der Waals surface area contributed by atoms with Crippen LogP contribution in [0.2, 0.25) is 0 Å². The van der Waals surface area contributed by atoms with Crippen LogP contribution in [0.5, 0.6) is 5.75 Å². The summed E-state index contributed by atoms with van der Waals surface area (Å²) in [5.74, 6) is 0.395. The van der Waals surface area contributed by atoms with Crippen molar-refractivity contribution in [2.45, 2.75) is 45.2 Å². The molecule has 1 aliphatic carbocycles. The molecule has 2 N–H and O–H groups in total. The average molecular weight is 281 g/mol. The van der Waals surface area contributed by atoms with Crippen LogP contribution in [0, 0.1) is 6.92 Å². The molecule has 2 nitrogen and oxygen atoms in total. The third kappa shape index (κ3) is 3.11. The van der Waals surface area contributed by atoms with Crippen molar-refractivity contribution in [1.29, 1.82) is 0 Å². The molecule has 0 spiro atoms. The molecule has 2 aromatic carbocycles. The molecular weight excluding hydrogens is 258 g/mol. The Kier molecular flexibility index (Phi) is 3.98. The first kappa shape index (κ1) is 14.2. The van der Waals surface area contributed by atoms with Gasteiger partial charge in [0, 0.05) is 17.6 Å². The van der Waals surface area contributed by atoms with E-state index in [-0.39, 0.29) is 6.04 Å². The van der Waals surface area contributed by atoms with Gasteiger partial charge in [0.05, 0.1) is 0 Å². The number of benzene rings is 2. The zero-order valence-corrected chi connectivity index (χ0v) is 12.8. The van der Waals surface area contributed by atoms with E-state index in [2.05, 4.69) is 42.6 Å². The number of phenols is 1. The van der Waals surface area contributed by atoms with E-state index in [1.54, 1.807) is 0 Å². The maximum absolute atomic E-state index is 10.1. The van der Waals surface area contributed by atoms with Crippen LogP contribution in [0.4, 0.5) is 0 Å². The van der Waals surface area contributed by atoms with E-state index in [0.717, 1.165) is 30.4 Å². The van der Waals surface area contributed by atoms with E-state index in [1.165, 1.54) is 11.1 Å². The SMILES string of the molecule is Cc1ccc(C(C)NC2CCc3ccccc3C2)c(O)c1. The molecule has 0 radical (unpaired) electrons. The van der Waals surface area contributed by atoms with Gasteiger partial charge in [-0.2, -0.15) is 0 Å². The van der Waals surface area contributed by atoms with E-state index >= 15 is 0 Å². The van der Waals surface area contributed by atoms with Crippen LogP contribution in [0.15, 0.2) is 42.5 Å². The summed E-state index contributed by atoms with van der Waals surface area (Å²) in [7, 11) is 0. The fraction of sp³-hybridized carbons (Fsp3) is 0.368. The fourth-order valence-corrected chi connectivity index (χ4v) is 3.30. The van der Waals surface area contributed by atoms with Crippen molar-refractivity contribution in [1.82, 2.24) is 5.32 Å². The largest absolute Gasteiger partial charge is 0.508 e. The number of fused-ring (bicyclic) bond motifs is 1. The smallest absolute Gasteiger partial charge is 0.120 e. The summed E-state index contributed by atoms with van der Waals surface area (Å²) in [6.07, 6.45) is 3.38. The van der Waals surface area contributed by atoms with Gasteiger partial charge < -0.3 is 10.4 Å². The van der Waals surface area contributed by atoms with Crippen molar-refractivity contribution in [3.05, 3.63) is 64.7 Å². The standard InChI is InChI=1S/C19H23NO/c1-13-7-10-18(19(21)11-13)14(2)20-17-9-8-15-5-3-4-6-16(15)12-17/h3-7,10-11,14,17,20-21H,8-9,12H2,1-2H3. The lowest BCUT2D eigenvalue weighted by atomic mass is 9.87. The third-order valence-corrected chi connectivity index (χ3v) is 4.48. The quantitative estimate of drug-likeness (QED) is 0.894. The number of rotatable bonds is 3. The first-order valence-electron chi connectivity index (χ1n) is 7.76. The molecule has 2 unspecified atom stereocenters. The van der Waals surface area contributed by atoms with Gasteiger partial charge in [0.1, 0.15) is 5.75 Å². The van der Waals surface area contributed by atoms with Gasteiger partial charge in [-0.1, -0.05) is 36.4 Å². The lowest BCUT2D eigenvalue weighted by molar-refractivity contribution is 0.398. The number of nitrogens with one attached hydrogen (secondary N) is 1. The second kappa shape index (κ2) is 5.90. The van der Waals surface area contributed by atoms with Gasteiger partial charge in [0.15, 0.2) is 0 Å². The van der Waals surface area contributed by atoms with Gasteiger partial charge in [-0.15, -0.1) is 0 Å². The predicted molar refractivity (Wildman–Crippen MR) is 86.6 cm³/mol. The highest BCUT2D eigenvalue weighted by Crippen LogP contribution is 2.27. The molecule has 0 aromatic heterocycles. The molecule has 0 saturated carbocycles. The number of aryl methyl sites for hydroxylation is 2. The molecule has 0 heterocycles. The zero-order valence-electron chi connectivity index (χ0n) is 12.8. The molecule has 0 fully saturated rings. The average Bonchev–Trinajstić information content (AvgIpc) is 2.47. The highest BCUT2D eigenvalue weighted by atomic mass is 16.3. The second-order valence-electron chi connectivity index (χ2n) is 6.16. The molecule has 0 aliphatic heterocycles. The first-order valence-corrected chi connectivity index (χ1v) is 7.76. The van der Waals surface area contributed by atoms with Crippen LogP contribution in [0.1, 0.15) is 41.6 Å². The van der Waals surface area contributed by atoms with Gasteiger partial charge in [-0.25, -0.2) is 0 Å². The maximum atomic E-state index is 10.1. The number of phenolic OH excluding ortho intramolecular Hbond substituents is 1. The van der Waals surface area contributed by atoms with Gasteiger partial charge in [-0.3, -0.25) is 0 Å². The summed E-state index contributed by atoms with van der Waals surface area (Å²) in [4.78, 5) is 0. The molecule has 0 amide bonds. The molecule has 0 bridgehead atoms. The topological polar surface area (TPSA) is 32.3 Å². The van der Waals surface area contributed by atoms with Crippen LogP contribution in [0.25, 0.3) is 0 Å². The summed E-state index contributed by atoms with van der Waals surface area (Å²) in [6.45, 7) is 4.13. The third-order valence-electron chi connectivity index (χ3n) is 4.48. The predicted octanol–water partition coefficient (Wildman–Crippen LogP) is 3.91. The van der Waals surface area contributed by atoms with E-state index in [4.69, 9.17) is 0 Å². The van der Waals surface area contributed by atoms with Gasteiger partial charge in [0.2, 0.25) is 0 Å². The summed E-state index contributed by atoms with van der Waals surface area (Å²) in [6, 6.07) is 15.3. The summed E-state index contributed by atoms with van der Waals surface area (Å²) in [5.41, 5.74) is 5.03. The van der Waals surface area contributed by atoms with Crippen molar-refractivity contribution >= 4 is 0 Å². The Bertz CT molecular complexity index is 635. The van der Waals surface area contributed by atoms with E-state index in [0.29, 0.717) is 11.8 Å². The molecule has 3 rings (SSSR count). The molecule has 0 saturated heterocycles. The summed E-state index contributed by atoms with van der Waals surface area (Å²) in [5, 5.41) is 13.8. The number of hydrogen-bond acceptors (Lipinski definition) is 2. The van der Waals surface area contributed by atoms with Crippen LogP contribution in [-0.4, -0.2) is 11.1 Å². The summed E-state index contributed by atoms with van der Waals surface area (Å²) < 4.78 is 0. The van der Waals surface area contributed by atoms with E-state index in [9.17, 15) is 5.11 Å². The van der Waals surface area contributed by atoms with Crippen LogP contribution >= 0.6 is 0 Å². The minimum Gasteiger partial charge on any atom is -0.508 e. The highest BCUT2D eigenvalue weighted by molar-refractivity contribution is 5.38. The van der Waals surface area contributed by atoms with Crippen LogP contribution in [-0.2, 0) is 12.8 Å². The second-order valence-corrected chi connectivity index (χ2v) is 6.16. The fourth-order valence-electron chi connectivity index (χ4n) is 3.30. The lowest BCUT2D eigenvalue weighted by Gasteiger charge is -2.29. The van der Waals surface area contributed by atoms with E-state index < -0.39 is 0 Å². The minimum absolute atomic E-state index is 0.167. The molecule has 2 atom stereocenters. The van der Waals surface area contributed by atoms with Gasteiger partial charge >= 0.3 is 0 Å². The normalized spacial score (nSPS) is 19.0. The van der Waals surface area contributed by atoms with Crippen molar-refractivity contribution in [3.63, 3.8) is 0 Å². The Labute approximate surface area is 126 Å². The molecular formula is C19H23NO. The maximum Gasteiger partial charge on any atom is 0.120 e. The Balaban J connectivity index is 1.70. The Morgan fingerprint density at radius 1 is 1.14 bits per heavy atom. The van der Waals surface area contributed by atoms with Gasteiger partial charge in [-0.05, 0) is 55.9 Å². The highest BCUT2D eigenvalue weighted by Gasteiger charge is 2.21. The molecule has 110 valence electrons. The number of aromatic hydroxyl groups is 1. The molecule has 2 heteroatoms. The Morgan fingerprint density at radius 3 is 2.67 bits per heavy atom. The Hall–Kier alpha value is -1.80. The van der Waals surface area contributed by atoms with Crippen molar-refractivity contribution in [2.24, 2.45) is 0 Å². The first-order chi connectivity index (χ1) is 10.1. The molecule has 2 aromatic rings. The minimum atomic E-state index is 0.167.